The van der Waals surface area contributed by atoms with Crippen LogP contribution in [0.25, 0.3) is 44.4 Å². The van der Waals surface area contributed by atoms with E-state index in [0.717, 1.165) is 57.4 Å². The Labute approximate surface area is 316 Å². The van der Waals surface area contributed by atoms with Crippen molar-refractivity contribution in [1.29, 1.82) is 0 Å². The quantitative estimate of drug-likeness (QED) is 0.109. The third-order valence-corrected chi connectivity index (χ3v) is 9.67. The van der Waals surface area contributed by atoms with E-state index in [2.05, 4.69) is 150 Å². The van der Waals surface area contributed by atoms with Crippen molar-refractivity contribution in [1.82, 2.24) is 19.3 Å². The maximum absolute atomic E-state index is 6.68. The third-order valence-electron chi connectivity index (χ3n) is 9.67. The molecule has 0 saturated carbocycles. The molecule has 7 aromatic rings. The van der Waals surface area contributed by atoms with E-state index in [1.165, 1.54) is 39.1 Å². The number of ether oxygens (including phenoxy) is 1. The van der Waals surface area contributed by atoms with Gasteiger partial charge in [0.1, 0.15) is 5.82 Å². The molecule has 5 nitrogen and oxygen atoms in total. The molecule has 6 heteroatoms. The molecule has 0 amide bonds. The van der Waals surface area contributed by atoms with Crippen molar-refractivity contribution in [3.8, 4) is 34.1 Å². The topological polar surface area (TPSA) is 44.9 Å². The van der Waals surface area contributed by atoms with Gasteiger partial charge in [-0.1, -0.05) is 82.5 Å². The fraction of sp³-hybridized carbons (Fsp3) is 0.289. The number of rotatable bonds is 9. The molecule has 51 heavy (non-hydrogen) atoms. The van der Waals surface area contributed by atoms with Crippen LogP contribution in [0.2, 0.25) is 0 Å². The standard InChI is InChI=1S/C45H46N4O.Pd/c1-10-13-33-18-19-46-42(22-33)48-40-15-12-11-14-38(40)39-17-16-36(26-41(39)48)50-37-24-34(27(2)3)23-35(25-37)49-45(28(4)5)44(32(9)47-49)43-30(7)20-29(6)21-31(43)8;/h11-12,14-24,27-28H,10,13H2,1-9H3;/q-2;+2. The Morgan fingerprint density at radius 1 is 0.765 bits per heavy atom. The summed E-state index contributed by atoms with van der Waals surface area (Å²) in [7, 11) is 0. The van der Waals surface area contributed by atoms with Crippen LogP contribution in [-0.4, -0.2) is 19.3 Å². The van der Waals surface area contributed by atoms with Crippen LogP contribution in [0.3, 0.4) is 0 Å². The molecule has 262 valence electrons. The molecule has 0 fully saturated rings. The number of hydrogen-bond donors (Lipinski definition) is 0. The Hall–Kier alpha value is -4.50. The molecule has 0 radical (unpaired) electrons. The number of hydrogen-bond acceptors (Lipinski definition) is 3. The van der Waals surface area contributed by atoms with Crippen molar-refractivity contribution in [2.45, 2.75) is 87.0 Å². The SMILES string of the molecule is CCCc1ccnc(-n2c3[c-]c(Oc4[c-]c(-n5nc(C)c(-c6c(C)cc(C)cc6C)c5C(C)C)cc(C(C)C)c4)ccc3c3ccccc32)c1.[Pd+2]. The summed E-state index contributed by atoms with van der Waals surface area (Å²) in [6.07, 6.45) is 4.00. The monoisotopic (exact) mass is 764 g/mol. The second-order valence-electron chi connectivity index (χ2n) is 14.3. The maximum atomic E-state index is 6.68. The Morgan fingerprint density at radius 3 is 2.22 bits per heavy atom. The van der Waals surface area contributed by atoms with Crippen LogP contribution in [0, 0.1) is 39.8 Å². The first-order chi connectivity index (χ1) is 24.0. The van der Waals surface area contributed by atoms with Gasteiger partial charge in [-0.05, 0) is 97.5 Å². The summed E-state index contributed by atoms with van der Waals surface area (Å²) in [5.41, 5.74) is 13.8. The number of pyridine rings is 1. The van der Waals surface area contributed by atoms with Gasteiger partial charge >= 0.3 is 20.4 Å². The van der Waals surface area contributed by atoms with E-state index in [9.17, 15) is 0 Å². The average molecular weight is 765 g/mol. The molecule has 7 rings (SSSR count). The summed E-state index contributed by atoms with van der Waals surface area (Å²) < 4.78 is 11.0. The number of fused-ring (bicyclic) bond motifs is 3. The zero-order chi connectivity index (χ0) is 35.3. The molecule has 0 atom stereocenters. The van der Waals surface area contributed by atoms with E-state index >= 15 is 0 Å². The van der Waals surface area contributed by atoms with Crippen molar-refractivity contribution in [2.75, 3.05) is 0 Å². The Bertz CT molecular complexity index is 2360. The van der Waals surface area contributed by atoms with Crippen LogP contribution < -0.4 is 4.74 Å². The predicted octanol–water partition coefficient (Wildman–Crippen LogP) is 11.9. The minimum atomic E-state index is 0. The van der Waals surface area contributed by atoms with Crippen LogP contribution in [-0.2, 0) is 26.8 Å². The minimum Gasteiger partial charge on any atom is -0.509 e. The molecule has 0 N–H and O–H groups in total. The molecular formula is C45H46N4OPd. The molecule has 0 saturated heterocycles. The van der Waals surface area contributed by atoms with E-state index in [-0.39, 0.29) is 32.3 Å². The van der Waals surface area contributed by atoms with Crippen molar-refractivity contribution in [3.05, 3.63) is 130 Å². The van der Waals surface area contributed by atoms with Crippen LogP contribution in [0.5, 0.6) is 11.5 Å². The third kappa shape index (κ3) is 6.80. The smallest absolute Gasteiger partial charge is 0.509 e. The summed E-state index contributed by atoms with van der Waals surface area (Å²) in [5, 5.41) is 7.45. The fourth-order valence-electron chi connectivity index (χ4n) is 7.51. The van der Waals surface area contributed by atoms with E-state index in [0.29, 0.717) is 11.5 Å². The van der Waals surface area contributed by atoms with Crippen LogP contribution in [0.4, 0.5) is 0 Å². The first-order valence-electron chi connectivity index (χ1n) is 17.9. The second-order valence-corrected chi connectivity index (χ2v) is 14.3. The van der Waals surface area contributed by atoms with Gasteiger partial charge < -0.3 is 9.30 Å². The van der Waals surface area contributed by atoms with Crippen molar-refractivity contribution < 1.29 is 25.2 Å². The molecular weight excluding hydrogens is 719 g/mol. The molecule has 0 unspecified atom stereocenters. The van der Waals surface area contributed by atoms with Gasteiger partial charge in [-0.2, -0.15) is 11.2 Å². The van der Waals surface area contributed by atoms with Crippen molar-refractivity contribution >= 4 is 21.8 Å². The largest absolute Gasteiger partial charge is 2.00 e. The predicted molar refractivity (Wildman–Crippen MR) is 206 cm³/mol. The van der Waals surface area contributed by atoms with Gasteiger partial charge in [0.15, 0.2) is 0 Å². The first-order valence-corrected chi connectivity index (χ1v) is 17.9. The molecule has 0 bridgehead atoms. The van der Waals surface area contributed by atoms with Gasteiger partial charge in [-0.25, -0.2) is 4.98 Å². The van der Waals surface area contributed by atoms with Crippen molar-refractivity contribution in [2.24, 2.45) is 0 Å². The molecule has 0 aliphatic heterocycles. The second kappa shape index (κ2) is 14.6. The van der Waals surface area contributed by atoms with Crippen molar-refractivity contribution in [3.63, 3.8) is 0 Å². The van der Waals surface area contributed by atoms with E-state index in [1.54, 1.807) is 0 Å². The maximum Gasteiger partial charge on any atom is 2.00 e. The fourth-order valence-corrected chi connectivity index (χ4v) is 7.51. The zero-order valence-corrected chi connectivity index (χ0v) is 32.6. The van der Waals surface area contributed by atoms with Gasteiger partial charge in [0.2, 0.25) is 0 Å². The van der Waals surface area contributed by atoms with Gasteiger partial charge in [0.25, 0.3) is 0 Å². The number of nitrogens with zero attached hydrogens (tertiary/aromatic N) is 4. The molecule has 3 heterocycles. The van der Waals surface area contributed by atoms with E-state index < -0.39 is 0 Å². The Morgan fingerprint density at radius 2 is 1.51 bits per heavy atom. The number of aromatic nitrogens is 4. The summed E-state index contributed by atoms with van der Waals surface area (Å²) in [6, 6.07) is 33.0. The normalized spacial score (nSPS) is 11.6. The van der Waals surface area contributed by atoms with Crippen LogP contribution in [0.1, 0.15) is 92.1 Å². The summed E-state index contributed by atoms with van der Waals surface area (Å²) in [5.74, 6) is 2.66. The molecule has 3 aromatic heterocycles. The van der Waals surface area contributed by atoms with E-state index in [4.69, 9.17) is 14.8 Å². The summed E-state index contributed by atoms with van der Waals surface area (Å²) >= 11 is 0. The first kappa shape index (κ1) is 36.3. The number of para-hydroxylation sites is 1. The van der Waals surface area contributed by atoms with Crippen LogP contribution in [0.15, 0.2) is 79.0 Å². The average Bonchev–Trinajstić information content (AvgIpc) is 3.59. The zero-order valence-electron chi connectivity index (χ0n) is 31.1. The molecule has 4 aromatic carbocycles. The Balaban J connectivity index is 0.00000448. The van der Waals surface area contributed by atoms with Gasteiger partial charge in [-0.15, -0.1) is 41.3 Å². The van der Waals surface area contributed by atoms with E-state index in [1.807, 2.05) is 12.3 Å². The molecule has 0 aliphatic carbocycles. The molecule has 0 spiro atoms. The summed E-state index contributed by atoms with van der Waals surface area (Å²) in [4.78, 5) is 4.81. The molecule has 0 aliphatic rings. The van der Waals surface area contributed by atoms with Crippen LogP contribution >= 0.6 is 0 Å². The number of benzene rings is 4. The van der Waals surface area contributed by atoms with Gasteiger partial charge in [0.05, 0.1) is 11.4 Å². The minimum absolute atomic E-state index is 0. The Kier molecular flexibility index (Phi) is 10.4. The summed E-state index contributed by atoms with van der Waals surface area (Å²) in [6.45, 7) is 19.8. The van der Waals surface area contributed by atoms with Gasteiger partial charge in [-0.3, -0.25) is 4.68 Å². The van der Waals surface area contributed by atoms with Gasteiger partial charge in [0, 0.05) is 28.8 Å². The number of aryl methyl sites for hydroxylation is 5.